The standard InChI is InChI=1S/C14H27N3/c1-2-16-10-12-11-5-8-17(9-6-11)14(12)13(16)4-3-7-15/h11-14H,2-10,15H2,1H3. The molecule has 4 heterocycles. The van der Waals surface area contributed by atoms with E-state index >= 15 is 0 Å². The van der Waals surface area contributed by atoms with E-state index in [0.29, 0.717) is 0 Å². The fourth-order valence-corrected chi connectivity index (χ4v) is 4.65. The summed E-state index contributed by atoms with van der Waals surface area (Å²) in [5.74, 6) is 2.00. The number of likely N-dealkylation sites (tertiary alicyclic amines) is 1. The zero-order valence-electron chi connectivity index (χ0n) is 11.1. The minimum atomic E-state index is 0.802. The number of rotatable bonds is 4. The fourth-order valence-electron chi connectivity index (χ4n) is 4.65. The van der Waals surface area contributed by atoms with Crippen LogP contribution in [-0.2, 0) is 0 Å². The molecule has 4 rings (SSSR count). The van der Waals surface area contributed by atoms with Gasteiger partial charge in [0.15, 0.2) is 0 Å². The molecule has 0 saturated carbocycles. The normalized spacial score (nSPS) is 45.2. The number of hydrogen-bond acceptors (Lipinski definition) is 3. The topological polar surface area (TPSA) is 32.5 Å². The fraction of sp³-hybridized carbons (Fsp3) is 1.00. The molecule has 4 aliphatic heterocycles. The van der Waals surface area contributed by atoms with Crippen LogP contribution in [0.1, 0.15) is 32.6 Å². The van der Waals surface area contributed by atoms with Gasteiger partial charge >= 0.3 is 0 Å². The lowest BCUT2D eigenvalue weighted by Crippen LogP contribution is -2.57. The molecule has 0 aromatic carbocycles. The van der Waals surface area contributed by atoms with Crippen molar-refractivity contribution < 1.29 is 0 Å². The molecule has 0 amide bonds. The first kappa shape index (κ1) is 11.9. The quantitative estimate of drug-likeness (QED) is 0.796. The van der Waals surface area contributed by atoms with Gasteiger partial charge < -0.3 is 5.73 Å². The van der Waals surface area contributed by atoms with Crippen molar-refractivity contribution in [2.24, 2.45) is 17.6 Å². The maximum Gasteiger partial charge on any atom is 0.0294 e. The summed E-state index contributed by atoms with van der Waals surface area (Å²) in [5.41, 5.74) is 5.71. The lowest BCUT2D eigenvalue weighted by molar-refractivity contribution is 0.00226. The van der Waals surface area contributed by atoms with Crippen molar-refractivity contribution in [2.75, 3.05) is 32.7 Å². The van der Waals surface area contributed by atoms with Crippen LogP contribution in [0.5, 0.6) is 0 Å². The Morgan fingerprint density at radius 3 is 2.65 bits per heavy atom. The summed E-state index contributed by atoms with van der Waals surface area (Å²) in [7, 11) is 0. The zero-order chi connectivity index (χ0) is 11.8. The molecule has 4 fully saturated rings. The van der Waals surface area contributed by atoms with E-state index in [1.165, 1.54) is 51.9 Å². The molecule has 0 spiro atoms. The van der Waals surface area contributed by atoms with Crippen LogP contribution in [-0.4, -0.2) is 54.6 Å². The van der Waals surface area contributed by atoms with Gasteiger partial charge in [-0.25, -0.2) is 0 Å². The van der Waals surface area contributed by atoms with Gasteiger partial charge in [-0.3, -0.25) is 9.80 Å². The van der Waals surface area contributed by atoms with E-state index in [1.807, 2.05) is 0 Å². The average Bonchev–Trinajstić information content (AvgIpc) is 2.78. The van der Waals surface area contributed by atoms with Gasteiger partial charge in [0.1, 0.15) is 0 Å². The molecule has 0 aromatic heterocycles. The van der Waals surface area contributed by atoms with E-state index in [0.717, 1.165) is 30.5 Å². The Labute approximate surface area is 105 Å². The molecule has 4 saturated heterocycles. The van der Waals surface area contributed by atoms with Crippen molar-refractivity contribution >= 4 is 0 Å². The summed E-state index contributed by atoms with van der Waals surface area (Å²) in [6.45, 7) is 8.49. The predicted molar refractivity (Wildman–Crippen MR) is 70.9 cm³/mol. The highest BCUT2D eigenvalue weighted by Crippen LogP contribution is 2.44. The lowest BCUT2D eigenvalue weighted by Gasteiger charge is -2.49. The second-order valence-electron chi connectivity index (χ2n) is 6.11. The molecule has 0 radical (unpaired) electrons. The van der Waals surface area contributed by atoms with Crippen molar-refractivity contribution in [1.82, 2.24) is 9.80 Å². The first-order valence-electron chi connectivity index (χ1n) is 7.53. The second-order valence-corrected chi connectivity index (χ2v) is 6.11. The van der Waals surface area contributed by atoms with Gasteiger partial charge in [0.25, 0.3) is 0 Å². The van der Waals surface area contributed by atoms with E-state index < -0.39 is 0 Å². The Balaban J connectivity index is 1.76. The van der Waals surface area contributed by atoms with Gasteiger partial charge in [0, 0.05) is 18.6 Å². The van der Waals surface area contributed by atoms with Crippen LogP contribution < -0.4 is 5.73 Å². The predicted octanol–water partition coefficient (Wildman–Crippen LogP) is 1.14. The van der Waals surface area contributed by atoms with E-state index in [9.17, 15) is 0 Å². The minimum Gasteiger partial charge on any atom is -0.330 e. The van der Waals surface area contributed by atoms with Crippen LogP contribution in [0.2, 0.25) is 0 Å². The number of nitrogens with zero attached hydrogens (tertiary/aromatic N) is 2. The molecule has 2 bridgehead atoms. The van der Waals surface area contributed by atoms with Gasteiger partial charge in [-0.05, 0) is 63.7 Å². The maximum absolute atomic E-state index is 5.71. The maximum atomic E-state index is 5.71. The molecular weight excluding hydrogens is 210 g/mol. The van der Waals surface area contributed by atoms with Crippen molar-refractivity contribution in [3.05, 3.63) is 0 Å². The van der Waals surface area contributed by atoms with E-state index in [2.05, 4.69) is 16.7 Å². The van der Waals surface area contributed by atoms with Gasteiger partial charge in [-0.2, -0.15) is 0 Å². The Morgan fingerprint density at radius 1 is 1.24 bits per heavy atom. The monoisotopic (exact) mass is 237 g/mol. The van der Waals surface area contributed by atoms with Crippen molar-refractivity contribution in [3.63, 3.8) is 0 Å². The van der Waals surface area contributed by atoms with Gasteiger partial charge in [0.2, 0.25) is 0 Å². The third-order valence-electron chi connectivity index (χ3n) is 5.46. The van der Waals surface area contributed by atoms with E-state index in [-0.39, 0.29) is 0 Å². The SMILES string of the molecule is CCN1CC2C3CCN(CC3)C2C1CCCN. The zero-order valence-corrected chi connectivity index (χ0v) is 11.1. The van der Waals surface area contributed by atoms with Gasteiger partial charge in [-0.1, -0.05) is 6.92 Å². The summed E-state index contributed by atoms with van der Waals surface area (Å²) < 4.78 is 0. The van der Waals surface area contributed by atoms with Crippen LogP contribution in [0.25, 0.3) is 0 Å². The summed E-state index contributed by atoms with van der Waals surface area (Å²) in [4.78, 5) is 5.53. The van der Waals surface area contributed by atoms with Crippen LogP contribution in [0.3, 0.4) is 0 Å². The Kier molecular flexibility index (Phi) is 3.42. The van der Waals surface area contributed by atoms with Crippen molar-refractivity contribution in [1.29, 1.82) is 0 Å². The number of hydrogen-bond donors (Lipinski definition) is 1. The third-order valence-corrected chi connectivity index (χ3v) is 5.46. The second kappa shape index (κ2) is 4.87. The van der Waals surface area contributed by atoms with Gasteiger partial charge in [0.05, 0.1) is 0 Å². The van der Waals surface area contributed by atoms with Gasteiger partial charge in [-0.15, -0.1) is 0 Å². The van der Waals surface area contributed by atoms with E-state index in [1.54, 1.807) is 0 Å². The Bertz CT molecular complexity index is 260. The first-order valence-corrected chi connectivity index (χ1v) is 7.53. The molecule has 3 atom stereocenters. The van der Waals surface area contributed by atoms with Crippen molar-refractivity contribution in [2.45, 2.75) is 44.7 Å². The molecule has 3 nitrogen and oxygen atoms in total. The molecule has 2 N–H and O–H groups in total. The largest absolute Gasteiger partial charge is 0.330 e. The molecule has 17 heavy (non-hydrogen) atoms. The molecule has 4 aliphatic rings. The molecule has 0 aromatic rings. The molecule has 98 valence electrons. The van der Waals surface area contributed by atoms with Crippen LogP contribution in [0.15, 0.2) is 0 Å². The highest BCUT2D eigenvalue weighted by atomic mass is 15.3. The Morgan fingerprint density at radius 2 is 2.00 bits per heavy atom. The summed E-state index contributed by atoms with van der Waals surface area (Å²) >= 11 is 0. The summed E-state index contributed by atoms with van der Waals surface area (Å²) in [6.07, 6.45) is 5.43. The lowest BCUT2D eigenvalue weighted by atomic mass is 9.73. The van der Waals surface area contributed by atoms with Crippen LogP contribution in [0.4, 0.5) is 0 Å². The number of fused-ring (bicyclic) bond motifs is 2. The smallest absolute Gasteiger partial charge is 0.0294 e. The highest BCUT2D eigenvalue weighted by molar-refractivity contribution is 5.06. The molecule has 0 aliphatic carbocycles. The number of likely N-dealkylation sites (N-methyl/N-ethyl adjacent to an activating group) is 1. The Hall–Kier alpha value is -0.120. The minimum absolute atomic E-state index is 0.802. The average molecular weight is 237 g/mol. The van der Waals surface area contributed by atoms with Crippen LogP contribution in [0, 0.1) is 11.8 Å². The summed E-state index contributed by atoms with van der Waals surface area (Å²) in [6, 6.07) is 1.67. The summed E-state index contributed by atoms with van der Waals surface area (Å²) in [5, 5.41) is 0. The number of piperidine rings is 3. The van der Waals surface area contributed by atoms with Crippen molar-refractivity contribution in [3.8, 4) is 0 Å². The molecular formula is C14H27N3. The highest BCUT2D eigenvalue weighted by Gasteiger charge is 2.51. The molecule has 3 unspecified atom stereocenters. The van der Waals surface area contributed by atoms with Crippen LogP contribution >= 0.6 is 0 Å². The van der Waals surface area contributed by atoms with E-state index in [4.69, 9.17) is 5.73 Å². The first-order chi connectivity index (χ1) is 8.35. The molecule has 3 heteroatoms. The third kappa shape index (κ3) is 1.92. The number of nitrogens with two attached hydrogens (primary N) is 1.